The second-order valence-electron chi connectivity index (χ2n) is 7.09. The first-order valence-electron chi connectivity index (χ1n) is 8.92. The lowest BCUT2D eigenvalue weighted by molar-refractivity contribution is -0.108. The number of aromatic nitrogens is 2. The first-order chi connectivity index (χ1) is 11.0. The lowest BCUT2D eigenvalue weighted by Crippen LogP contribution is -2.56. The number of aryl methyl sites for hydroxylation is 2. The van der Waals surface area contributed by atoms with Crippen molar-refractivity contribution >= 4 is 5.82 Å². The van der Waals surface area contributed by atoms with Gasteiger partial charge in [-0.25, -0.2) is 9.97 Å². The van der Waals surface area contributed by atoms with Crippen LogP contribution in [0.3, 0.4) is 0 Å². The third kappa shape index (κ3) is 3.22. The fourth-order valence-corrected chi connectivity index (χ4v) is 4.14. The van der Waals surface area contributed by atoms with Crippen molar-refractivity contribution in [1.29, 1.82) is 0 Å². The van der Waals surface area contributed by atoms with Crippen LogP contribution in [0, 0.1) is 18.8 Å². The van der Waals surface area contributed by atoms with E-state index in [2.05, 4.69) is 28.7 Å². The molecule has 23 heavy (non-hydrogen) atoms. The molecular weight excluding hydrogens is 290 g/mol. The Labute approximate surface area is 139 Å². The highest BCUT2D eigenvalue weighted by Gasteiger charge is 2.45. The highest BCUT2D eigenvalue weighted by molar-refractivity contribution is 5.47. The van der Waals surface area contributed by atoms with Gasteiger partial charge in [0, 0.05) is 44.0 Å². The van der Waals surface area contributed by atoms with E-state index in [1.54, 1.807) is 0 Å². The van der Waals surface area contributed by atoms with Gasteiger partial charge in [0.15, 0.2) is 0 Å². The van der Waals surface area contributed by atoms with Crippen molar-refractivity contribution in [3.05, 3.63) is 17.6 Å². The number of anilines is 1. The van der Waals surface area contributed by atoms with E-state index in [1.165, 1.54) is 5.56 Å². The second-order valence-corrected chi connectivity index (χ2v) is 7.09. The summed E-state index contributed by atoms with van der Waals surface area (Å²) in [5.74, 6) is 2.47. The van der Waals surface area contributed by atoms with Crippen LogP contribution in [-0.2, 0) is 11.2 Å². The summed E-state index contributed by atoms with van der Waals surface area (Å²) in [6.07, 6.45) is 5.65. The molecule has 0 aliphatic carbocycles. The molecule has 0 aromatic carbocycles. The number of ether oxygens (including phenoxy) is 1. The average Bonchev–Trinajstić information content (AvgIpc) is 2.58. The van der Waals surface area contributed by atoms with Gasteiger partial charge in [0.05, 0.1) is 5.60 Å². The molecule has 2 saturated heterocycles. The van der Waals surface area contributed by atoms with E-state index in [9.17, 15) is 5.11 Å². The van der Waals surface area contributed by atoms with E-state index in [-0.39, 0.29) is 5.92 Å². The maximum Gasteiger partial charge on any atom is 0.135 e. The van der Waals surface area contributed by atoms with E-state index in [0.29, 0.717) is 5.92 Å². The topological polar surface area (TPSA) is 58.5 Å². The third-order valence-corrected chi connectivity index (χ3v) is 5.70. The maximum atomic E-state index is 11.3. The largest absolute Gasteiger partial charge is 0.389 e. The van der Waals surface area contributed by atoms with Crippen molar-refractivity contribution in [3.8, 4) is 0 Å². The maximum absolute atomic E-state index is 11.3. The molecule has 3 rings (SSSR count). The first kappa shape index (κ1) is 16.7. The number of aliphatic hydroxyl groups is 1. The van der Waals surface area contributed by atoms with Crippen LogP contribution in [0.2, 0.25) is 0 Å². The van der Waals surface area contributed by atoms with E-state index in [1.807, 2.05) is 13.1 Å². The van der Waals surface area contributed by atoms with Gasteiger partial charge in [0.2, 0.25) is 0 Å². The van der Waals surface area contributed by atoms with Crippen LogP contribution in [0.5, 0.6) is 0 Å². The average molecular weight is 319 g/mol. The Bertz CT molecular complexity index is 545. The predicted molar refractivity (Wildman–Crippen MR) is 90.6 cm³/mol. The van der Waals surface area contributed by atoms with Crippen molar-refractivity contribution in [1.82, 2.24) is 9.97 Å². The van der Waals surface area contributed by atoms with Crippen LogP contribution in [0.1, 0.15) is 44.5 Å². The monoisotopic (exact) mass is 319 g/mol. The fraction of sp³-hybridized carbons (Fsp3) is 0.778. The fourth-order valence-electron chi connectivity index (χ4n) is 4.14. The minimum absolute atomic E-state index is 0.235. The van der Waals surface area contributed by atoms with E-state index in [4.69, 9.17) is 4.74 Å². The molecule has 0 amide bonds. The smallest absolute Gasteiger partial charge is 0.135 e. The van der Waals surface area contributed by atoms with Gasteiger partial charge < -0.3 is 14.7 Å². The summed E-state index contributed by atoms with van der Waals surface area (Å²) in [4.78, 5) is 11.3. The molecule has 5 nitrogen and oxygen atoms in total. The lowest BCUT2D eigenvalue weighted by Gasteiger charge is -2.49. The molecule has 0 saturated carbocycles. The summed E-state index contributed by atoms with van der Waals surface area (Å²) in [5.41, 5.74) is 0.633. The van der Waals surface area contributed by atoms with E-state index >= 15 is 0 Å². The molecule has 5 heteroatoms. The Balaban J connectivity index is 1.77. The summed E-state index contributed by atoms with van der Waals surface area (Å²) in [6.45, 7) is 9.56. The summed E-state index contributed by atoms with van der Waals surface area (Å²) >= 11 is 0. The SMILES string of the molecule is CCc1cnc(C)nc1N1CC[C@@](O)(C2CCOCC2)[C@H](C)C1. The van der Waals surface area contributed by atoms with Gasteiger partial charge in [-0.2, -0.15) is 0 Å². The summed E-state index contributed by atoms with van der Waals surface area (Å²) in [5, 5.41) is 11.3. The van der Waals surface area contributed by atoms with Gasteiger partial charge in [-0.15, -0.1) is 0 Å². The molecule has 0 unspecified atom stereocenters. The van der Waals surface area contributed by atoms with Crippen molar-refractivity contribution in [3.63, 3.8) is 0 Å². The number of nitrogens with zero attached hydrogens (tertiary/aromatic N) is 3. The quantitative estimate of drug-likeness (QED) is 0.927. The minimum Gasteiger partial charge on any atom is -0.389 e. The Kier molecular flexibility index (Phi) is 4.87. The minimum atomic E-state index is -0.561. The van der Waals surface area contributed by atoms with Crippen LogP contribution in [0.15, 0.2) is 6.20 Å². The van der Waals surface area contributed by atoms with Crippen LogP contribution in [-0.4, -0.2) is 47.0 Å². The molecule has 1 aromatic rings. The molecule has 0 bridgehead atoms. The van der Waals surface area contributed by atoms with Crippen molar-refractivity contribution in [2.75, 3.05) is 31.2 Å². The number of rotatable bonds is 3. The summed E-state index contributed by atoms with van der Waals surface area (Å²) in [6, 6.07) is 0. The standard InChI is InChI=1S/C18H29N3O2/c1-4-15-11-19-14(3)20-17(15)21-8-7-18(22,13(2)12-21)16-5-9-23-10-6-16/h11,13,16,22H,4-10,12H2,1-3H3/t13-,18+/m1/s1. The molecule has 3 heterocycles. The molecule has 1 aromatic heterocycles. The van der Waals surface area contributed by atoms with Gasteiger partial charge >= 0.3 is 0 Å². The normalized spacial score (nSPS) is 29.7. The predicted octanol–water partition coefficient (Wildman–Crippen LogP) is 2.35. The molecule has 2 fully saturated rings. The highest BCUT2D eigenvalue weighted by Crippen LogP contribution is 2.40. The zero-order valence-electron chi connectivity index (χ0n) is 14.6. The summed E-state index contributed by atoms with van der Waals surface area (Å²) in [7, 11) is 0. The van der Waals surface area contributed by atoms with Gasteiger partial charge in [0.1, 0.15) is 11.6 Å². The lowest BCUT2D eigenvalue weighted by atomic mass is 9.70. The van der Waals surface area contributed by atoms with Crippen LogP contribution < -0.4 is 4.90 Å². The molecule has 128 valence electrons. The van der Waals surface area contributed by atoms with Crippen LogP contribution >= 0.6 is 0 Å². The van der Waals surface area contributed by atoms with Gasteiger partial charge in [-0.05, 0) is 38.5 Å². The van der Waals surface area contributed by atoms with E-state index in [0.717, 1.165) is 63.6 Å². The zero-order valence-corrected chi connectivity index (χ0v) is 14.6. The highest BCUT2D eigenvalue weighted by atomic mass is 16.5. The molecule has 0 radical (unpaired) electrons. The molecule has 0 spiro atoms. The van der Waals surface area contributed by atoms with Gasteiger partial charge in [-0.1, -0.05) is 13.8 Å². The number of hydrogen-bond donors (Lipinski definition) is 1. The van der Waals surface area contributed by atoms with Gasteiger partial charge in [0.25, 0.3) is 0 Å². The molecular formula is C18H29N3O2. The van der Waals surface area contributed by atoms with Crippen LogP contribution in [0.25, 0.3) is 0 Å². The Hall–Kier alpha value is -1.20. The zero-order chi connectivity index (χ0) is 16.4. The number of piperidine rings is 1. The first-order valence-corrected chi connectivity index (χ1v) is 8.92. The van der Waals surface area contributed by atoms with Gasteiger partial charge in [-0.3, -0.25) is 0 Å². The van der Waals surface area contributed by atoms with E-state index < -0.39 is 5.60 Å². The second kappa shape index (κ2) is 6.73. The molecule has 1 N–H and O–H groups in total. The third-order valence-electron chi connectivity index (χ3n) is 5.70. The Morgan fingerprint density at radius 1 is 1.39 bits per heavy atom. The number of hydrogen-bond acceptors (Lipinski definition) is 5. The van der Waals surface area contributed by atoms with Crippen molar-refractivity contribution in [2.24, 2.45) is 11.8 Å². The molecule has 2 aliphatic rings. The molecule has 2 atom stereocenters. The Morgan fingerprint density at radius 2 is 2.13 bits per heavy atom. The van der Waals surface area contributed by atoms with Crippen molar-refractivity contribution in [2.45, 2.75) is 52.1 Å². The van der Waals surface area contributed by atoms with Crippen molar-refractivity contribution < 1.29 is 9.84 Å². The Morgan fingerprint density at radius 3 is 2.78 bits per heavy atom. The van der Waals surface area contributed by atoms with Crippen LogP contribution in [0.4, 0.5) is 5.82 Å². The molecule has 2 aliphatic heterocycles. The summed E-state index contributed by atoms with van der Waals surface area (Å²) < 4.78 is 5.47.